The van der Waals surface area contributed by atoms with Crippen LogP contribution in [0, 0.1) is 5.82 Å². The number of hydrogen-bond acceptors (Lipinski definition) is 3. The molecule has 0 aliphatic rings. The number of nitrogens with one attached hydrogen (secondary N) is 1. The van der Waals surface area contributed by atoms with Gasteiger partial charge in [0.2, 0.25) is 11.9 Å². The third-order valence-electron chi connectivity index (χ3n) is 3.40. The molecule has 0 saturated heterocycles. The lowest BCUT2D eigenvalue weighted by atomic mass is 10.2. The summed E-state index contributed by atoms with van der Waals surface area (Å²) in [5.41, 5.74) is 7.04. The van der Waals surface area contributed by atoms with Crippen molar-refractivity contribution >= 4 is 38.8 Å². The number of nitrogen functional groups attached to an aromatic ring is 1. The summed E-state index contributed by atoms with van der Waals surface area (Å²) in [5.74, 6) is -0.146. The fraction of sp³-hybridized carbons (Fsp3) is 0.429. The highest BCUT2D eigenvalue weighted by atomic mass is 79.9. The molecule has 1 heterocycles. The predicted octanol–water partition coefficient (Wildman–Crippen LogP) is 2.82. The Morgan fingerprint density at radius 3 is 2.95 bits per heavy atom. The summed E-state index contributed by atoms with van der Waals surface area (Å²) in [6, 6.07) is 3.10. The van der Waals surface area contributed by atoms with Crippen LogP contribution in [0.5, 0.6) is 0 Å². The standard InChI is InChI=1S/C14H18BrFN4O/c1-3-8(2)18-13(21)4-5-20-12-6-9(15)10(16)7-11(12)19-14(20)17/h6-8H,3-5H2,1-2H3,(H2,17,19)(H,18,21). The van der Waals surface area contributed by atoms with E-state index in [4.69, 9.17) is 5.73 Å². The number of anilines is 1. The molecule has 0 radical (unpaired) electrons. The van der Waals surface area contributed by atoms with Gasteiger partial charge >= 0.3 is 0 Å². The number of rotatable bonds is 5. The van der Waals surface area contributed by atoms with Gasteiger partial charge in [0.05, 0.1) is 15.5 Å². The molecule has 0 aliphatic carbocycles. The lowest BCUT2D eigenvalue weighted by molar-refractivity contribution is -0.121. The van der Waals surface area contributed by atoms with Crippen molar-refractivity contribution in [2.45, 2.75) is 39.3 Å². The number of imidazole rings is 1. The van der Waals surface area contributed by atoms with Gasteiger partial charge in [-0.1, -0.05) is 6.92 Å². The maximum absolute atomic E-state index is 13.5. The summed E-state index contributed by atoms with van der Waals surface area (Å²) in [5, 5.41) is 2.90. The molecular weight excluding hydrogens is 339 g/mol. The van der Waals surface area contributed by atoms with Gasteiger partial charge in [-0.05, 0) is 35.3 Å². The highest BCUT2D eigenvalue weighted by molar-refractivity contribution is 9.10. The molecule has 1 aromatic heterocycles. The first-order valence-corrected chi connectivity index (χ1v) is 7.61. The first-order valence-electron chi connectivity index (χ1n) is 6.82. The molecular formula is C14H18BrFN4O. The van der Waals surface area contributed by atoms with Gasteiger partial charge < -0.3 is 15.6 Å². The van der Waals surface area contributed by atoms with Crippen molar-refractivity contribution in [3.63, 3.8) is 0 Å². The fourth-order valence-electron chi connectivity index (χ4n) is 2.04. The van der Waals surface area contributed by atoms with Crippen molar-refractivity contribution in [2.24, 2.45) is 0 Å². The highest BCUT2D eigenvalue weighted by Gasteiger charge is 2.13. The number of benzene rings is 1. The van der Waals surface area contributed by atoms with Crippen molar-refractivity contribution in [1.29, 1.82) is 0 Å². The second-order valence-electron chi connectivity index (χ2n) is 5.00. The van der Waals surface area contributed by atoms with E-state index in [-0.39, 0.29) is 23.7 Å². The molecule has 1 amide bonds. The molecule has 114 valence electrons. The summed E-state index contributed by atoms with van der Waals surface area (Å²) in [6.45, 7) is 4.37. The normalized spacial score (nSPS) is 12.6. The third kappa shape index (κ3) is 3.53. The Kier molecular flexibility index (Phi) is 4.82. The van der Waals surface area contributed by atoms with Crippen molar-refractivity contribution in [3.8, 4) is 0 Å². The molecule has 21 heavy (non-hydrogen) atoms. The average molecular weight is 357 g/mol. The van der Waals surface area contributed by atoms with Crippen LogP contribution in [0.2, 0.25) is 0 Å². The van der Waals surface area contributed by atoms with Crippen molar-refractivity contribution in [3.05, 3.63) is 22.4 Å². The number of fused-ring (bicyclic) bond motifs is 1. The first-order chi connectivity index (χ1) is 9.92. The maximum Gasteiger partial charge on any atom is 0.222 e. The summed E-state index contributed by atoms with van der Waals surface area (Å²) < 4.78 is 15.6. The van der Waals surface area contributed by atoms with Gasteiger partial charge in [-0.2, -0.15) is 0 Å². The summed E-state index contributed by atoms with van der Waals surface area (Å²) in [4.78, 5) is 15.9. The lowest BCUT2D eigenvalue weighted by Crippen LogP contribution is -2.32. The molecule has 0 bridgehead atoms. The molecule has 0 fully saturated rings. The Morgan fingerprint density at radius 2 is 2.29 bits per heavy atom. The predicted molar refractivity (Wildman–Crippen MR) is 84.3 cm³/mol. The number of aryl methyl sites for hydroxylation is 1. The third-order valence-corrected chi connectivity index (χ3v) is 4.01. The number of aromatic nitrogens is 2. The minimum Gasteiger partial charge on any atom is -0.369 e. The number of nitrogens with zero attached hydrogens (tertiary/aromatic N) is 2. The lowest BCUT2D eigenvalue weighted by Gasteiger charge is -2.12. The van der Waals surface area contributed by atoms with Gasteiger partial charge in [0, 0.05) is 25.1 Å². The van der Waals surface area contributed by atoms with Crippen LogP contribution in [0.1, 0.15) is 26.7 Å². The monoisotopic (exact) mass is 356 g/mol. The van der Waals surface area contributed by atoms with Gasteiger partial charge in [-0.3, -0.25) is 4.79 Å². The Balaban J connectivity index is 2.17. The van der Waals surface area contributed by atoms with Gasteiger partial charge in [0.25, 0.3) is 0 Å². The summed E-state index contributed by atoms with van der Waals surface area (Å²) in [6.07, 6.45) is 1.18. The largest absolute Gasteiger partial charge is 0.369 e. The quantitative estimate of drug-likeness (QED) is 0.864. The first kappa shape index (κ1) is 15.8. The zero-order valence-electron chi connectivity index (χ0n) is 12.0. The molecule has 5 nitrogen and oxygen atoms in total. The molecule has 2 rings (SSSR count). The van der Waals surface area contributed by atoms with E-state index in [0.29, 0.717) is 28.5 Å². The Morgan fingerprint density at radius 1 is 1.57 bits per heavy atom. The average Bonchev–Trinajstić information content (AvgIpc) is 2.72. The zero-order chi connectivity index (χ0) is 15.6. The van der Waals surface area contributed by atoms with E-state index in [0.717, 1.165) is 6.42 Å². The molecule has 2 aromatic rings. The number of carbonyl (C=O) groups is 1. The van der Waals surface area contributed by atoms with E-state index in [2.05, 4.69) is 26.2 Å². The van der Waals surface area contributed by atoms with Crippen LogP contribution in [0.4, 0.5) is 10.3 Å². The van der Waals surface area contributed by atoms with Crippen LogP contribution >= 0.6 is 15.9 Å². The van der Waals surface area contributed by atoms with Gasteiger partial charge in [-0.25, -0.2) is 9.37 Å². The number of nitrogens with two attached hydrogens (primary N) is 1. The molecule has 0 aliphatic heterocycles. The highest BCUT2D eigenvalue weighted by Crippen LogP contribution is 2.25. The van der Waals surface area contributed by atoms with Gasteiger partial charge in [0.15, 0.2) is 0 Å². The van der Waals surface area contributed by atoms with E-state index in [1.165, 1.54) is 6.07 Å². The van der Waals surface area contributed by atoms with Crippen molar-refractivity contribution in [2.75, 3.05) is 5.73 Å². The minimum absolute atomic E-state index is 0.0354. The topological polar surface area (TPSA) is 72.9 Å². The number of hydrogen-bond donors (Lipinski definition) is 2. The van der Waals surface area contributed by atoms with E-state index in [1.807, 2.05) is 13.8 Å². The van der Waals surface area contributed by atoms with E-state index in [1.54, 1.807) is 10.6 Å². The molecule has 1 atom stereocenters. The minimum atomic E-state index is -0.387. The van der Waals surface area contributed by atoms with E-state index in [9.17, 15) is 9.18 Å². The Hall–Kier alpha value is -1.63. The van der Waals surface area contributed by atoms with Crippen LogP contribution in [0.15, 0.2) is 16.6 Å². The second kappa shape index (κ2) is 6.43. The number of halogens is 2. The van der Waals surface area contributed by atoms with Crippen LogP contribution in [-0.4, -0.2) is 21.5 Å². The van der Waals surface area contributed by atoms with Crippen LogP contribution < -0.4 is 11.1 Å². The van der Waals surface area contributed by atoms with Crippen molar-refractivity contribution in [1.82, 2.24) is 14.9 Å². The molecule has 1 unspecified atom stereocenters. The summed E-state index contributed by atoms with van der Waals surface area (Å²) in [7, 11) is 0. The van der Waals surface area contributed by atoms with Crippen LogP contribution in [0.25, 0.3) is 11.0 Å². The fourth-order valence-corrected chi connectivity index (χ4v) is 2.37. The molecule has 3 N–H and O–H groups in total. The molecule has 0 saturated carbocycles. The maximum atomic E-state index is 13.5. The number of amides is 1. The van der Waals surface area contributed by atoms with Gasteiger partial charge in [0.1, 0.15) is 5.82 Å². The summed E-state index contributed by atoms with van der Waals surface area (Å²) >= 11 is 3.15. The van der Waals surface area contributed by atoms with Crippen LogP contribution in [-0.2, 0) is 11.3 Å². The molecule has 1 aromatic carbocycles. The van der Waals surface area contributed by atoms with E-state index < -0.39 is 0 Å². The van der Waals surface area contributed by atoms with E-state index >= 15 is 0 Å². The zero-order valence-corrected chi connectivity index (χ0v) is 13.6. The molecule has 0 spiro atoms. The Bertz CT molecular complexity index is 671. The van der Waals surface area contributed by atoms with Crippen LogP contribution in [0.3, 0.4) is 0 Å². The molecule has 7 heteroatoms. The Labute approximate surface area is 130 Å². The number of carbonyl (C=O) groups excluding carboxylic acids is 1. The second-order valence-corrected chi connectivity index (χ2v) is 5.86. The SMILES string of the molecule is CCC(C)NC(=O)CCn1c(N)nc2cc(F)c(Br)cc21. The van der Waals surface area contributed by atoms with Crippen molar-refractivity contribution < 1.29 is 9.18 Å². The smallest absolute Gasteiger partial charge is 0.222 e. The van der Waals surface area contributed by atoms with Gasteiger partial charge in [-0.15, -0.1) is 0 Å².